The van der Waals surface area contributed by atoms with Crippen LogP contribution >= 0.6 is 0 Å². The van der Waals surface area contributed by atoms with E-state index in [4.69, 9.17) is 5.11 Å². The van der Waals surface area contributed by atoms with Crippen LogP contribution in [0.4, 0.5) is 16.2 Å². The summed E-state index contributed by atoms with van der Waals surface area (Å²) in [4.78, 5) is 24.9. The summed E-state index contributed by atoms with van der Waals surface area (Å²) in [6.45, 7) is 0. The van der Waals surface area contributed by atoms with Gasteiger partial charge in [-0.2, -0.15) is 0 Å². The number of carboxylic acid groups (broad SMARTS) is 1. The van der Waals surface area contributed by atoms with Gasteiger partial charge in [0.25, 0.3) is 5.91 Å². The zero-order valence-electron chi connectivity index (χ0n) is 9.31. The number of hydrogen-bond donors (Lipinski definition) is 4. The van der Waals surface area contributed by atoms with Crippen molar-refractivity contribution in [2.24, 2.45) is 0 Å². The number of H-pyrrole nitrogens is 1. The molecule has 4 N–H and O–H groups in total. The van der Waals surface area contributed by atoms with Crippen LogP contribution in [0.1, 0.15) is 10.5 Å². The maximum absolute atomic E-state index is 11.7. The molecule has 0 aliphatic carbocycles. The third-order valence-corrected chi connectivity index (χ3v) is 2.24. The van der Waals surface area contributed by atoms with E-state index in [9.17, 15) is 9.59 Å². The number of amides is 2. The van der Waals surface area contributed by atoms with Crippen molar-refractivity contribution in [3.8, 4) is 0 Å². The average molecular weight is 245 g/mol. The molecular formula is C12H11N3O3. The van der Waals surface area contributed by atoms with Crippen LogP contribution < -0.4 is 10.6 Å². The molecule has 0 bridgehead atoms. The van der Waals surface area contributed by atoms with Gasteiger partial charge in [0.15, 0.2) is 0 Å². The van der Waals surface area contributed by atoms with Gasteiger partial charge in [0.2, 0.25) is 0 Å². The van der Waals surface area contributed by atoms with Crippen molar-refractivity contribution >= 4 is 23.4 Å². The molecule has 0 atom stereocenters. The molecule has 18 heavy (non-hydrogen) atoms. The summed E-state index contributed by atoms with van der Waals surface area (Å²) in [6.07, 6.45) is 0.535. The van der Waals surface area contributed by atoms with Crippen LogP contribution in [0.5, 0.6) is 0 Å². The Morgan fingerprint density at radius 1 is 1.00 bits per heavy atom. The SMILES string of the molecule is O=C(O)Nc1ccc(NC(=O)c2ccc[nH]2)cc1. The van der Waals surface area contributed by atoms with Gasteiger partial charge >= 0.3 is 6.09 Å². The highest BCUT2D eigenvalue weighted by atomic mass is 16.4. The number of aromatic nitrogens is 1. The number of rotatable bonds is 3. The van der Waals surface area contributed by atoms with Crippen LogP contribution in [0.15, 0.2) is 42.6 Å². The molecular weight excluding hydrogens is 234 g/mol. The van der Waals surface area contributed by atoms with E-state index in [0.717, 1.165) is 0 Å². The van der Waals surface area contributed by atoms with E-state index in [-0.39, 0.29) is 5.91 Å². The second-order valence-corrected chi connectivity index (χ2v) is 3.55. The van der Waals surface area contributed by atoms with Gasteiger partial charge < -0.3 is 15.4 Å². The molecule has 0 aliphatic heterocycles. The molecule has 0 saturated carbocycles. The predicted molar refractivity (Wildman–Crippen MR) is 66.8 cm³/mol. The number of carbonyl (C=O) groups is 2. The fraction of sp³-hybridized carbons (Fsp3) is 0. The maximum atomic E-state index is 11.7. The molecule has 0 unspecified atom stereocenters. The first-order chi connectivity index (χ1) is 8.65. The predicted octanol–water partition coefficient (Wildman–Crippen LogP) is 2.36. The molecule has 2 rings (SSSR count). The van der Waals surface area contributed by atoms with E-state index in [1.807, 2.05) is 0 Å². The number of nitrogens with one attached hydrogen (secondary N) is 3. The summed E-state index contributed by atoms with van der Waals surface area (Å²) >= 11 is 0. The fourth-order valence-electron chi connectivity index (χ4n) is 1.43. The first-order valence-electron chi connectivity index (χ1n) is 5.20. The van der Waals surface area contributed by atoms with Crippen LogP contribution in [0.2, 0.25) is 0 Å². The Hall–Kier alpha value is -2.76. The number of carbonyl (C=O) groups excluding carboxylic acids is 1. The van der Waals surface area contributed by atoms with Crippen molar-refractivity contribution in [3.05, 3.63) is 48.3 Å². The first kappa shape index (κ1) is 11.7. The van der Waals surface area contributed by atoms with Crippen LogP contribution in [-0.4, -0.2) is 22.1 Å². The summed E-state index contributed by atoms with van der Waals surface area (Å²) in [6, 6.07) is 9.76. The topological polar surface area (TPSA) is 94.2 Å². The zero-order valence-corrected chi connectivity index (χ0v) is 9.31. The molecule has 2 amide bonds. The highest BCUT2D eigenvalue weighted by molar-refractivity contribution is 6.03. The molecule has 1 aromatic heterocycles. The highest BCUT2D eigenvalue weighted by Gasteiger charge is 2.06. The number of aromatic amines is 1. The zero-order chi connectivity index (χ0) is 13.0. The van der Waals surface area contributed by atoms with Crippen LogP contribution in [0, 0.1) is 0 Å². The minimum Gasteiger partial charge on any atom is -0.465 e. The Bertz CT molecular complexity index is 546. The second kappa shape index (κ2) is 5.05. The quantitative estimate of drug-likeness (QED) is 0.668. The summed E-state index contributed by atoms with van der Waals surface area (Å²) in [5, 5.41) is 13.4. The molecule has 92 valence electrons. The molecule has 6 heteroatoms. The van der Waals surface area contributed by atoms with E-state index in [0.29, 0.717) is 17.1 Å². The Morgan fingerprint density at radius 3 is 2.11 bits per heavy atom. The van der Waals surface area contributed by atoms with Crippen molar-refractivity contribution in [2.75, 3.05) is 10.6 Å². The average Bonchev–Trinajstić information content (AvgIpc) is 2.84. The number of hydrogen-bond acceptors (Lipinski definition) is 2. The lowest BCUT2D eigenvalue weighted by molar-refractivity contribution is 0.102. The van der Waals surface area contributed by atoms with E-state index < -0.39 is 6.09 Å². The third-order valence-electron chi connectivity index (χ3n) is 2.24. The number of anilines is 2. The van der Waals surface area contributed by atoms with Crippen molar-refractivity contribution in [1.29, 1.82) is 0 Å². The summed E-state index contributed by atoms with van der Waals surface area (Å²) in [5.74, 6) is -0.251. The Balaban J connectivity index is 2.02. The van der Waals surface area contributed by atoms with Crippen LogP contribution in [0.3, 0.4) is 0 Å². The molecule has 0 saturated heterocycles. The van der Waals surface area contributed by atoms with Gasteiger partial charge in [-0.25, -0.2) is 4.79 Å². The monoisotopic (exact) mass is 245 g/mol. The van der Waals surface area contributed by atoms with Crippen LogP contribution in [-0.2, 0) is 0 Å². The molecule has 6 nitrogen and oxygen atoms in total. The van der Waals surface area contributed by atoms with Crippen molar-refractivity contribution in [2.45, 2.75) is 0 Å². The highest BCUT2D eigenvalue weighted by Crippen LogP contribution is 2.14. The minimum absolute atomic E-state index is 0.251. The standard InChI is InChI=1S/C12H11N3O3/c16-11(10-2-1-7-13-10)14-8-3-5-9(6-4-8)15-12(17)18/h1-7,13,15H,(H,14,16)(H,17,18). The largest absolute Gasteiger partial charge is 0.465 e. The van der Waals surface area contributed by atoms with Gasteiger partial charge in [0, 0.05) is 17.6 Å². The summed E-state index contributed by atoms with van der Waals surface area (Å²) < 4.78 is 0. The van der Waals surface area contributed by atoms with E-state index in [2.05, 4.69) is 15.6 Å². The normalized spacial score (nSPS) is 9.78. The van der Waals surface area contributed by atoms with Crippen LogP contribution in [0.25, 0.3) is 0 Å². The van der Waals surface area contributed by atoms with Gasteiger partial charge in [-0.05, 0) is 36.4 Å². The first-order valence-corrected chi connectivity index (χ1v) is 5.20. The Kier molecular flexibility index (Phi) is 3.29. The minimum atomic E-state index is -1.13. The molecule has 1 heterocycles. The summed E-state index contributed by atoms with van der Waals surface area (Å²) in [7, 11) is 0. The molecule has 0 fully saturated rings. The number of benzene rings is 1. The van der Waals surface area contributed by atoms with Gasteiger partial charge in [-0.15, -0.1) is 0 Å². The van der Waals surface area contributed by atoms with Gasteiger partial charge in [-0.3, -0.25) is 10.1 Å². The Labute approximate surface area is 103 Å². The fourth-order valence-corrected chi connectivity index (χ4v) is 1.43. The van der Waals surface area contributed by atoms with Gasteiger partial charge in [0.05, 0.1) is 0 Å². The Morgan fingerprint density at radius 2 is 1.61 bits per heavy atom. The molecule has 0 radical (unpaired) electrons. The van der Waals surface area contributed by atoms with Crippen molar-refractivity contribution < 1.29 is 14.7 Å². The van der Waals surface area contributed by atoms with Crippen molar-refractivity contribution in [1.82, 2.24) is 4.98 Å². The molecule has 0 aliphatic rings. The molecule has 1 aromatic carbocycles. The second-order valence-electron chi connectivity index (χ2n) is 3.55. The lowest BCUT2D eigenvalue weighted by atomic mass is 10.2. The summed E-state index contributed by atoms with van der Waals surface area (Å²) in [5.41, 5.74) is 1.49. The van der Waals surface area contributed by atoms with E-state index >= 15 is 0 Å². The molecule has 0 spiro atoms. The van der Waals surface area contributed by atoms with E-state index in [1.165, 1.54) is 0 Å². The van der Waals surface area contributed by atoms with Gasteiger partial charge in [0.1, 0.15) is 5.69 Å². The van der Waals surface area contributed by atoms with Crippen molar-refractivity contribution in [3.63, 3.8) is 0 Å². The smallest absolute Gasteiger partial charge is 0.409 e. The third kappa shape index (κ3) is 2.88. The molecule has 2 aromatic rings. The lowest BCUT2D eigenvalue weighted by Gasteiger charge is -2.05. The maximum Gasteiger partial charge on any atom is 0.409 e. The van der Waals surface area contributed by atoms with E-state index in [1.54, 1.807) is 42.6 Å². The van der Waals surface area contributed by atoms with Gasteiger partial charge in [-0.1, -0.05) is 0 Å². The lowest BCUT2D eigenvalue weighted by Crippen LogP contribution is -2.12.